The quantitative estimate of drug-likeness (QED) is 0.775. The average molecular weight is 247 g/mol. The smallest absolute Gasteiger partial charge is 0.0124 e. The van der Waals surface area contributed by atoms with Crippen LogP contribution >= 0.6 is 0 Å². The summed E-state index contributed by atoms with van der Waals surface area (Å²) in [6.45, 7) is 3.69. The third kappa shape index (κ3) is 1.94. The largest absolute Gasteiger partial charge is 0.313 e. The van der Waals surface area contributed by atoms with E-state index in [1.54, 1.807) is 32.1 Å². The molecule has 18 heavy (non-hydrogen) atoms. The predicted molar refractivity (Wildman–Crippen MR) is 75.4 cm³/mol. The van der Waals surface area contributed by atoms with Gasteiger partial charge in [0.15, 0.2) is 0 Å². The molecule has 0 amide bonds. The maximum absolute atomic E-state index is 4.05. The van der Waals surface area contributed by atoms with Crippen molar-refractivity contribution in [3.8, 4) is 0 Å². The molecular weight excluding hydrogens is 218 g/mol. The van der Waals surface area contributed by atoms with Gasteiger partial charge in [-0.05, 0) is 80.5 Å². The molecular formula is C17H29N. The van der Waals surface area contributed by atoms with Gasteiger partial charge in [-0.3, -0.25) is 0 Å². The summed E-state index contributed by atoms with van der Waals surface area (Å²) in [5.74, 6) is 4.35. The van der Waals surface area contributed by atoms with Crippen molar-refractivity contribution in [2.75, 3.05) is 6.54 Å². The van der Waals surface area contributed by atoms with Crippen LogP contribution in [0.2, 0.25) is 0 Å². The Morgan fingerprint density at radius 1 is 0.944 bits per heavy atom. The van der Waals surface area contributed by atoms with E-state index in [9.17, 15) is 0 Å². The lowest BCUT2D eigenvalue weighted by Crippen LogP contribution is -2.55. The van der Waals surface area contributed by atoms with Crippen molar-refractivity contribution in [3.05, 3.63) is 0 Å². The first-order valence-corrected chi connectivity index (χ1v) is 8.51. The van der Waals surface area contributed by atoms with Crippen LogP contribution in [-0.4, -0.2) is 12.6 Å². The minimum Gasteiger partial charge on any atom is -0.313 e. The molecule has 1 N–H and O–H groups in total. The Hall–Kier alpha value is -0.0400. The lowest BCUT2D eigenvalue weighted by Gasteiger charge is -2.54. The van der Waals surface area contributed by atoms with Gasteiger partial charge in [0, 0.05) is 12.6 Å². The fraction of sp³-hybridized carbons (Fsp3) is 1.00. The van der Waals surface area contributed by atoms with Crippen LogP contribution in [0.5, 0.6) is 0 Å². The normalized spacial score (nSPS) is 47.5. The summed E-state index contributed by atoms with van der Waals surface area (Å²) in [5, 5.41) is 4.05. The summed E-state index contributed by atoms with van der Waals surface area (Å²) < 4.78 is 0. The van der Waals surface area contributed by atoms with E-state index in [1.807, 2.05) is 0 Å². The predicted octanol–water partition coefficient (Wildman–Crippen LogP) is 3.98. The molecule has 5 fully saturated rings. The molecule has 5 aliphatic rings. The van der Waals surface area contributed by atoms with Crippen molar-refractivity contribution < 1.29 is 0 Å². The molecule has 0 aliphatic heterocycles. The van der Waals surface area contributed by atoms with E-state index >= 15 is 0 Å². The van der Waals surface area contributed by atoms with Crippen LogP contribution in [0.25, 0.3) is 0 Å². The molecule has 5 rings (SSSR count). The summed E-state index contributed by atoms with van der Waals surface area (Å²) in [6.07, 6.45) is 13.7. The fourth-order valence-corrected chi connectivity index (χ4v) is 5.82. The molecule has 5 aliphatic carbocycles. The molecule has 0 aromatic carbocycles. The highest BCUT2D eigenvalue weighted by molar-refractivity contribution is 5.03. The average Bonchev–Trinajstić information content (AvgIpc) is 3.08. The molecule has 0 unspecified atom stereocenters. The zero-order valence-corrected chi connectivity index (χ0v) is 12.0. The molecule has 102 valence electrons. The summed E-state index contributed by atoms with van der Waals surface area (Å²) >= 11 is 0. The fourth-order valence-electron chi connectivity index (χ4n) is 5.82. The van der Waals surface area contributed by atoms with E-state index in [0.29, 0.717) is 0 Å². The van der Waals surface area contributed by atoms with Gasteiger partial charge >= 0.3 is 0 Å². The van der Waals surface area contributed by atoms with E-state index in [0.717, 1.165) is 35.1 Å². The number of nitrogens with one attached hydrogen (secondary N) is 1. The van der Waals surface area contributed by atoms with Gasteiger partial charge in [0.1, 0.15) is 0 Å². The standard InChI is InChI=1S/C17H29N/c1-2-3-17(4-5-17)11-18-16-14-7-12-6-13(9-14)10-15(16)8-12/h12-16,18H,2-11H2,1H3. The molecule has 0 saturated heterocycles. The molecule has 1 nitrogen and oxygen atoms in total. The highest BCUT2D eigenvalue weighted by Gasteiger charge is 2.49. The van der Waals surface area contributed by atoms with Crippen LogP contribution in [0.4, 0.5) is 0 Å². The van der Waals surface area contributed by atoms with Crippen LogP contribution in [0.3, 0.4) is 0 Å². The Labute approximate surface area is 112 Å². The maximum Gasteiger partial charge on any atom is 0.0124 e. The molecule has 0 aromatic heterocycles. The number of rotatable bonds is 5. The van der Waals surface area contributed by atoms with Crippen LogP contribution in [0.1, 0.15) is 64.7 Å². The van der Waals surface area contributed by atoms with Crippen LogP contribution in [-0.2, 0) is 0 Å². The van der Waals surface area contributed by atoms with Gasteiger partial charge in [-0.15, -0.1) is 0 Å². The van der Waals surface area contributed by atoms with Crippen molar-refractivity contribution in [3.63, 3.8) is 0 Å². The molecule has 0 heterocycles. The van der Waals surface area contributed by atoms with E-state index < -0.39 is 0 Å². The van der Waals surface area contributed by atoms with Crippen LogP contribution in [0.15, 0.2) is 0 Å². The third-order valence-electron chi connectivity index (χ3n) is 6.68. The minimum absolute atomic E-state index is 0.739. The lowest BCUT2D eigenvalue weighted by molar-refractivity contribution is -0.0153. The van der Waals surface area contributed by atoms with Gasteiger partial charge < -0.3 is 5.32 Å². The Bertz CT molecular complexity index is 290. The zero-order chi connectivity index (χ0) is 12.2. The monoisotopic (exact) mass is 247 g/mol. The summed E-state index contributed by atoms with van der Waals surface area (Å²) in [5.41, 5.74) is 0.739. The second kappa shape index (κ2) is 4.23. The number of hydrogen-bond donors (Lipinski definition) is 1. The van der Waals surface area contributed by atoms with Gasteiger partial charge in [0.25, 0.3) is 0 Å². The minimum atomic E-state index is 0.739. The second-order valence-electron chi connectivity index (χ2n) is 8.09. The van der Waals surface area contributed by atoms with E-state index in [2.05, 4.69) is 12.2 Å². The first-order chi connectivity index (χ1) is 8.78. The molecule has 1 heteroatoms. The van der Waals surface area contributed by atoms with Crippen LogP contribution in [0, 0.1) is 29.1 Å². The third-order valence-corrected chi connectivity index (χ3v) is 6.68. The maximum atomic E-state index is 4.05. The van der Waals surface area contributed by atoms with E-state index in [-0.39, 0.29) is 0 Å². The SMILES string of the molecule is CCCC1(CNC2C3CC4CC(C3)CC2C4)CC1. The van der Waals surface area contributed by atoms with Gasteiger partial charge in [-0.1, -0.05) is 13.3 Å². The Morgan fingerprint density at radius 2 is 1.56 bits per heavy atom. The van der Waals surface area contributed by atoms with E-state index in [4.69, 9.17) is 0 Å². The molecule has 4 bridgehead atoms. The van der Waals surface area contributed by atoms with Gasteiger partial charge in [-0.2, -0.15) is 0 Å². The zero-order valence-electron chi connectivity index (χ0n) is 12.0. The molecule has 0 radical (unpaired) electrons. The van der Waals surface area contributed by atoms with Crippen LogP contribution < -0.4 is 5.32 Å². The number of hydrogen-bond acceptors (Lipinski definition) is 1. The Morgan fingerprint density at radius 3 is 2.06 bits per heavy atom. The Kier molecular flexibility index (Phi) is 2.76. The molecule has 5 saturated carbocycles. The van der Waals surface area contributed by atoms with Crippen molar-refractivity contribution >= 4 is 0 Å². The van der Waals surface area contributed by atoms with Gasteiger partial charge in [0.05, 0.1) is 0 Å². The second-order valence-corrected chi connectivity index (χ2v) is 8.09. The van der Waals surface area contributed by atoms with Gasteiger partial charge in [-0.25, -0.2) is 0 Å². The molecule has 0 atom stereocenters. The van der Waals surface area contributed by atoms with Crippen molar-refractivity contribution in [2.24, 2.45) is 29.1 Å². The first kappa shape index (κ1) is 11.8. The summed E-state index contributed by atoms with van der Waals surface area (Å²) in [7, 11) is 0. The lowest BCUT2D eigenvalue weighted by atomic mass is 9.54. The molecule has 0 spiro atoms. The molecule has 0 aromatic rings. The highest BCUT2D eigenvalue weighted by atomic mass is 15.0. The highest BCUT2D eigenvalue weighted by Crippen LogP contribution is 2.54. The van der Waals surface area contributed by atoms with Crippen molar-refractivity contribution in [1.82, 2.24) is 5.32 Å². The summed E-state index contributed by atoms with van der Waals surface area (Å²) in [4.78, 5) is 0. The first-order valence-electron chi connectivity index (χ1n) is 8.51. The van der Waals surface area contributed by atoms with Gasteiger partial charge in [0.2, 0.25) is 0 Å². The Balaban J connectivity index is 1.38. The van der Waals surface area contributed by atoms with Crippen molar-refractivity contribution in [2.45, 2.75) is 70.8 Å². The van der Waals surface area contributed by atoms with Crippen molar-refractivity contribution in [1.29, 1.82) is 0 Å². The van der Waals surface area contributed by atoms with E-state index in [1.165, 1.54) is 32.2 Å². The topological polar surface area (TPSA) is 12.0 Å². The summed E-state index contributed by atoms with van der Waals surface area (Å²) in [6, 6.07) is 0.909.